The van der Waals surface area contributed by atoms with Crippen molar-refractivity contribution in [1.29, 1.82) is 0 Å². The molecule has 3 rings (SSSR count). The highest BCUT2D eigenvalue weighted by molar-refractivity contribution is 5.90. The second-order valence-corrected chi connectivity index (χ2v) is 7.13. The smallest absolute Gasteiger partial charge is 0.264 e. The second-order valence-electron chi connectivity index (χ2n) is 7.13. The van der Waals surface area contributed by atoms with Crippen molar-refractivity contribution >= 4 is 22.6 Å². The van der Waals surface area contributed by atoms with Gasteiger partial charge in [-0.2, -0.15) is 5.10 Å². The Balaban J connectivity index is 1.75. The molecule has 0 fully saturated rings. The van der Waals surface area contributed by atoms with E-state index in [1.165, 1.54) is 17.1 Å². The van der Waals surface area contributed by atoms with Gasteiger partial charge in [0, 0.05) is 19.0 Å². The van der Waals surface area contributed by atoms with Gasteiger partial charge in [-0.15, -0.1) is 0 Å². The standard InChI is InChI=1S/C18H19F2N5O2/c1-18(2,3)25-16-12(9-22-25)17(27)24(10-21-16)7-6-15(26)23-14-8-11(19)4-5-13(14)20/h4-5,8-10H,6-7H2,1-3H3,(H,23,26). The molecular weight excluding hydrogens is 356 g/mol. The largest absolute Gasteiger partial charge is 0.323 e. The van der Waals surface area contributed by atoms with Gasteiger partial charge in [0.1, 0.15) is 17.0 Å². The minimum absolute atomic E-state index is 0.0469. The van der Waals surface area contributed by atoms with Gasteiger partial charge in [-0.05, 0) is 32.9 Å². The van der Waals surface area contributed by atoms with Crippen LogP contribution < -0.4 is 10.9 Å². The molecule has 0 aliphatic heterocycles. The van der Waals surface area contributed by atoms with Gasteiger partial charge in [-0.25, -0.2) is 18.4 Å². The van der Waals surface area contributed by atoms with Crippen LogP contribution in [-0.4, -0.2) is 25.2 Å². The average Bonchev–Trinajstić information content (AvgIpc) is 3.03. The van der Waals surface area contributed by atoms with Crippen LogP contribution in [0.15, 0.2) is 35.5 Å². The van der Waals surface area contributed by atoms with Crippen LogP contribution in [-0.2, 0) is 16.9 Å². The van der Waals surface area contributed by atoms with E-state index in [1.54, 1.807) is 4.68 Å². The third kappa shape index (κ3) is 3.86. The molecule has 2 heterocycles. The summed E-state index contributed by atoms with van der Waals surface area (Å²) in [6.07, 6.45) is 2.70. The Morgan fingerprint density at radius 1 is 1.26 bits per heavy atom. The third-order valence-corrected chi connectivity index (χ3v) is 3.97. The maximum Gasteiger partial charge on any atom is 0.264 e. The SMILES string of the molecule is CC(C)(C)n1ncc2c(=O)n(CCC(=O)Nc3cc(F)ccc3F)cnc21. The number of anilines is 1. The van der Waals surface area contributed by atoms with E-state index in [-0.39, 0.29) is 29.8 Å². The van der Waals surface area contributed by atoms with Crippen molar-refractivity contribution in [3.63, 3.8) is 0 Å². The third-order valence-electron chi connectivity index (χ3n) is 3.97. The molecule has 2 aromatic heterocycles. The number of aromatic nitrogens is 4. The summed E-state index contributed by atoms with van der Waals surface area (Å²) >= 11 is 0. The average molecular weight is 375 g/mol. The molecule has 0 atom stereocenters. The summed E-state index contributed by atoms with van der Waals surface area (Å²) in [4.78, 5) is 28.9. The van der Waals surface area contributed by atoms with Crippen LogP contribution in [0.4, 0.5) is 14.5 Å². The van der Waals surface area contributed by atoms with E-state index in [9.17, 15) is 18.4 Å². The van der Waals surface area contributed by atoms with Crippen LogP contribution in [0, 0.1) is 11.6 Å². The van der Waals surface area contributed by atoms with Crippen molar-refractivity contribution in [2.45, 2.75) is 39.3 Å². The summed E-state index contributed by atoms with van der Waals surface area (Å²) in [5, 5.41) is 6.87. The number of halogens is 2. The van der Waals surface area contributed by atoms with Crippen LogP contribution in [0.5, 0.6) is 0 Å². The summed E-state index contributed by atoms with van der Waals surface area (Å²) in [6, 6.07) is 2.79. The van der Waals surface area contributed by atoms with Crippen molar-refractivity contribution in [2.24, 2.45) is 0 Å². The lowest BCUT2D eigenvalue weighted by Crippen LogP contribution is -2.26. The minimum Gasteiger partial charge on any atom is -0.323 e. The van der Waals surface area contributed by atoms with E-state index in [2.05, 4.69) is 15.4 Å². The number of carbonyl (C=O) groups excluding carboxylic acids is 1. The number of fused-ring (bicyclic) bond motifs is 1. The van der Waals surface area contributed by atoms with Crippen molar-refractivity contribution < 1.29 is 13.6 Å². The van der Waals surface area contributed by atoms with E-state index in [1.807, 2.05) is 20.8 Å². The lowest BCUT2D eigenvalue weighted by atomic mass is 10.1. The maximum atomic E-state index is 13.6. The van der Waals surface area contributed by atoms with Crippen molar-refractivity contribution in [3.05, 3.63) is 52.7 Å². The summed E-state index contributed by atoms with van der Waals surface area (Å²) in [5.74, 6) is -1.94. The molecule has 7 nitrogen and oxygen atoms in total. The Kier molecular flexibility index (Phi) is 4.77. The first-order chi connectivity index (χ1) is 12.7. The molecule has 9 heteroatoms. The zero-order valence-electron chi connectivity index (χ0n) is 15.2. The van der Waals surface area contributed by atoms with Gasteiger partial charge >= 0.3 is 0 Å². The number of carbonyl (C=O) groups is 1. The van der Waals surface area contributed by atoms with Crippen LogP contribution in [0.25, 0.3) is 11.0 Å². The number of hydrogen-bond acceptors (Lipinski definition) is 4. The van der Waals surface area contributed by atoms with E-state index in [0.29, 0.717) is 11.0 Å². The molecule has 0 aliphatic rings. The van der Waals surface area contributed by atoms with Gasteiger partial charge in [0.2, 0.25) is 5.91 Å². The molecule has 27 heavy (non-hydrogen) atoms. The molecule has 0 bridgehead atoms. The highest BCUT2D eigenvalue weighted by atomic mass is 19.1. The summed E-state index contributed by atoms with van der Waals surface area (Å²) in [6.45, 7) is 5.89. The highest BCUT2D eigenvalue weighted by Crippen LogP contribution is 2.18. The van der Waals surface area contributed by atoms with Gasteiger partial charge in [-0.3, -0.25) is 14.2 Å². The van der Waals surface area contributed by atoms with Gasteiger partial charge in [0.05, 0.1) is 23.8 Å². The van der Waals surface area contributed by atoms with Crippen molar-refractivity contribution in [1.82, 2.24) is 19.3 Å². The van der Waals surface area contributed by atoms with Crippen molar-refractivity contribution in [3.8, 4) is 0 Å². The zero-order chi connectivity index (χ0) is 19.8. The molecule has 0 saturated heterocycles. The quantitative estimate of drug-likeness (QED) is 0.760. The molecule has 1 aromatic carbocycles. The molecule has 1 N–H and O–H groups in total. The van der Waals surface area contributed by atoms with Crippen molar-refractivity contribution in [2.75, 3.05) is 5.32 Å². The fourth-order valence-corrected chi connectivity index (χ4v) is 2.63. The van der Waals surface area contributed by atoms with Gasteiger partial charge in [0.15, 0.2) is 5.65 Å². The molecule has 0 unspecified atom stereocenters. The van der Waals surface area contributed by atoms with Gasteiger partial charge in [0.25, 0.3) is 5.56 Å². The lowest BCUT2D eigenvalue weighted by molar-refractivity contribution is -0.116. The molecule has 0 spiro atoms. The van der Waals surface area contributed by atoms with Gasteiger partial charge < -0.3 is 5.32 Å². The Labute approximate surface area is 153 Å². The van der Waals surface area contributed by atoms with Crippen LogP contribution in [0.2, 0.25) is 0 Å². The fourth-order valence-electron chi connectivity index (χ4n) is 2.63. The monoisotopic (exact) mass is 375 g/mol. The Morgan fingerprint density at radius 3 is 2.70 bits per heavy atom. The summed E-state index contributed by atoms with van der Waals surface area (Å²) in [7, 11) is 0. The van der Waals surface area contributed by atoms with Gasteiger partial charge in [-0.1, -0.05) is 0 Å². The first-order valence-corrected chi connectivity index (χ1v) is 8.35. The number of rotatable bonds is 4. The Bertz CT molecular complexity index is 1070. The number of hydrogen-bond donors (Lipinski definition) is 1. The van der Waals surface area contributed by atoms with E-state index in [4.69, 9.17) is 0 Å². The Morgan fingerprint density at radius 2 is 2.00 bits per heavy atom. The number of nitrogens with one attached hydrogen (secondary N) is 1. The molecule has 0 aliphatic carbocycles. The highest BCUT2D eigenvalue weighted by Gasteiger charge is 2.19. The predicted molar refractivity (Wildman–Crippen MR) is 96.4 cm³/mol. The summed E-state index contributed by atoms with van der Waals surface area (Å²) in [5.41, 5.74) is -0.426. The molecule has 0 radical (unpaired) electrons. The van der Waals surface area contributed by atoms with E-state index < -0.39 is 17.5 Å². The normalized spacial score (nSPS) is 11.7. The van der Waals surface area contributed by atoms with Crippen LogP contribution in [0.1, 0.15) is 27.2 Å². The molecule has 0 saturated carbocycles. The van der Waals surface area contributed by atoms with E-state index in [0.717, 1.165) is 18.2 Å². The number of amides is 1. The van der Waals surface area contributed by atoms with Crippen LogP contribution >= 0.6 is 0 Å². The van der Waals surface area contributed by atoms with E-state index >= 15 is 0 Å². The topological polar surface area (TPSA) is 81.8 Å². The number of benzene rings is 1. The predicted octanol–water partition coefficient (Wildman–Crippen LogP) is 2.66. The number of aryl methyl sites for hydroxylation is 1. The Hall–Kier alpha value is -3.10. The second kappa shape index (κ2) is 6.90. The molecule has 3 aromatic rings. The first kappa shape index (κ1) is 18.7. The fraction of sp³-hybridized carbons (Fsp3) is 0.333. The molecule has 142 valence electrons. The summed E-state index contributed by atoms with van der Waals surface area (Å²) < 4.78 is 29.7. The lowest BCUT2D eigenvalue weighted by Gasteiger charge is -2.19. The first-order valence-electron chi connectivity index (χ1n) is 8.35. The molecule has 1 amide bonds. The zero-order valence-corrected chi connectivity index (χ0v) is 15.2. The number of nitrogens with zero attached hydrogens (tertiary/aromatic N) is 4. The molecular formula is C18H19F2N5O2. The maximum absolute atomic E-state index is 13.6. The van der Waals surface area contributed by atoms with Crippen LogP contribution in [0.3, 0.4) is 0 Å². The minimum atomic E-state index is -0.736.